The number of nitrogen functional groups attached to an aromatic ring is 1. The summed E-state index contributed by atoms with van der Waals surface area (Å²) in [4.78, 5) is 17.5. The molecule has 3 N–H and O–H groups in total. The third kappa shape index (κ3) is 3.43. The Bertz CT molecular complexity index is 815. The SMILES string of the molecule is CC(C)(C)N(C(=O)O)C1=N[C@@]2(c3cc(N)ccc3F)CO[C@H](C(F)F)[C@H]2CS1. The molecule has 1 fully saturated rings. The molecule has 6 nitrogen and oxygen atoms in total. The van der Waals surface area contributed by atoms with Crippen LogP contribution in [0, 0.1) is 11.7 Å². The van der Waals surface area contributed by atoms with Crippen LogP contribution in [0.15, 0.2) is 23.2 Å². The minimum Gasteiger partial charge on any atom is -0.465 e. The molecule has 2 aliphatic heterocycles. The number of nitrogens with two attached hydrogens (primary N) is 1. The third-order valence-electron chi connectivity index (χ3n) is 4.95. The molecule has 3 atom stereocenters. The van der Waals surface area contributed by atoms with Crippen LogP contribution in [0.5, 0.6) is 0 Å². The zero-order chi connectivity index (χ0) is 20.9. The van der Waals surface area contributed by atoms with Gasteiger partial charge in [0.1, 0.15) is 17.5 Å². The minimum atomic E-state index is -2.77. The van der Waals surface area contributed by atoms with Gasteiger partial charge >= 0.3 is 6.09 Å². The number of nitrogens with zero attached hydrogens (tertiary/aromatic N) is 2. The molecular formula is C18H22F3N3O3S. The fourth-order valence-corrected chi connectivity index (χ4v) is 5.17. The summed E-state index contributed by atoms with van der Waals surface area (Å²) >= 11 is 1.06. The van der Waals surface area contributed by atoms with Crippen LogP contribution in [0.4, 0.5) is 23.7 Å². The van der Waals surface area contributed by atoms with Gasteiger partial charge in [0.2, 0.25) is 0 Å². The lowest BCUT2D eigenvalue weighted by molar-refractivity contribution is -0.0359. The van der Waals surface area contributed by atoms with Crippen molar-refractivity contribution in [2.75, 3.05) is 18.1 Å². The second-order valence-electron chi connectivity index (χ2n) is 7.87. The number of halogens is 3. The van der Waals surface area contributed by atoms with Crippen molar-refractivity contribution in [3.8, 4) is 0 Å². The van der Waals surface area contributed by atoms with Crippen LogP contribution < -0.4 is 5.73 Å². The highest BCUT2D eigenvalue weighted by Crippen LogP contribution is 2.50. The number of rotatable bonds is 2. The number of ether oxygens (including phenoxy) is 1. The lowest BCUT2D eigenvalue weighted by atomic mass is 9.78. The summed E-state index contributed by atoms with van der Waals surface area (Å²) < 4.78 is 47.2. The van der Waals surface area contributed by atoms with E-state index in [-0.39, 0.29) is 28.8 Å². The number of carboxylic acid groups (broad SMARTS) is 1. The molecule has 0 radical (unpaired) electrons. The van der Waals surface area contributed by atoms with Gasteiger partial charge in [-0.15, -0.1) is 0 Å². The van der Waals surface area contributed by atoms with E-state index in [1.165, 1.54) is 12.1 Å². The number of anilines is 1. The van der Waals surface area contributed by atoms with Crippen molar-refractivity contribution in [2.24, 2.45) is 10.9 Å². The maximum atomic E-state index is 14.7. The Morgan fingerprint density at radius 1 is 1.46 bits per heavy atom. The molecule has 0 saturated carbocycles. The second kappa shape index (κ2) is 7.14. The zero-order valence-electron chi connectivity index (χ0n) is 15.7. The van der Waals surface area contributed by atoms with Gasteiger partial charge in [0.05, 0.1) is 6.61 Å². The summed E-state index contributed by atoms with van der Waals surface area (Å²) in [5.74, 6) is -1.36. The van der Waals surface area contributed by atoms with E-state index in [0.717, 1.165) is 22.7 Å². The lowest BCUT2D eigenvalue weighted by Gasteiger charge is -2.41. The molecule has 2 heterocycles. The number of aliphatic imine (C=N–C) groups is 1. The first-order valence-corrected chi connectivity index (χ1v) is 9.67. The van der Waals surface area contributed by atoms with Gasteiger partial charge in [0.15, 0.2) is 5.17 Å². The number of amidine groups is 1. The Morgan fingerprint density at radius 2 is 2.14 bits per heavy atom. The summed E-state index contributed by atoms with van der Waals surface area (Å²) in [5.41, 5.74) is 3.80. The van der Waals surface area contributed by atoms with Gasteiger partial charge in [-0.25, -0.2) is 23.0 Å². The maximum Gasteiger partial charge on any atom is 0.413 e. The summed E-state index contributed by atoms with van der Waals surface area (Å²) in [7, 11) is 0. The van der Waals surface area contributed by atoms with Crippen LogP contribution in [0.2, 0.25) is 0 Å². The topological polar surface area (TPSA) is 88.2 Å². The van der Waals surface area contributed by atoms with Crippen LogP contribution in [-0.2, 0) is 10.3 Å². The molecule has 0 spiro atoms. The smallest absolute Gasteiger partial charge is 0.413 e. The highest BCUT2D eigenvalue weighted by molar-refractivity contribution is 8.13. The van der Waals surface area contributed by atoms with Crippen molar-refractivity contribution < 1.29 is 27.8 Å². The third-order valence-corrected chi connectivity index (χ3v) is 6.01. The Kier molecular flexibility index (Phi) is 5.30. The lowest BCUT2D eigenvalue weighted by Crippen LogP contribution is -2.52. The molecule has 0 aromatic heterocycles. The van der Waals surface area contributed by atoms with E-state index in [9.17, 15) is 23.1 Å². The van der Waals surface area contributed by atoms with Crippen molar-refractivity contribution in [3.63, 3.8) is 0 Å². The normalized spacial score (nSPS) is 27.5. The van der Waals surface area contributed by atoms with E-state index in [1.54, 1.807) is 20.8 Å². The first kappa shape index (κ1) is 20.8. The van der Waals surface area contributed by atoms with Gasteiger partial charge in [0.25, 0.3) is 6.43 Å². The molecule has 1 aromatic carbocycles. The average molecular weight is 417 g/mol. The fraction of sp³-hybridized carbons (Fsp3) is 0.556. The summed E-state index contributed by atoms with van der Waals surface area (Å²) in [6, 6.07) is 3.88. The van der Waals surface area contributed by atoms with E-state index < -0.39 is 41.4 Å². The number of hydrogen-bond acceptors (Lipinski definition) is 5. The van der Waals surface area contributed by atoms with E-state index in [0.29, 0.717) is 0 Å². The molecule has 154 valence electrons. The second-order valence-corrected chi connectivity index (χ2v) is 8.86. The molecular weight excluding hydrogens is 395 g/mol. The van der Waals surface area contributed by atoms with E-state index in [2.05, 4.69) is 4.99 Å². The van der Waals surface area contributed by atoms with Gasteiger partial charge in [-0.2, -0.15) is 0 Å². The number of fused-ring (bicyclic) bond motifs is 1. The van der Waals surface area contributed by atoms with Crippen molar-refractivity contribution in [3.05, 3.63) is 29.6 Å². The van der Waals surface area contributed by atoms with Crippen LogP contribution in [0.25, 0.3) is 0 Å². The van der Waals surface area contributed by atoms with Crippen molar-refractivity contribution in [1.29, 1.82) is 0 Å². The first-order chi connectivity index (χ1) is 13.0. The van der Waals surface area contributed by atoms with E-state index >= 15 is 0 Å². The van der Waals surface area contributed by atoms with Crippen molar-refractivity contribution >= 4 is 28.7 Å². The van der Waals surface area contributed by atoms with Gasteiger partial charge in [-0.05, 0) is 39.0 Å². The Morgan fingerprint density at radius 3 is 2.71 bits per heavy atom. The van der Waals surface area contributed by atoms with Crippen LogP contribution in [0.1, 0.15) is 26.3 Å². The Balaban J connectivity index is 2.20. The molecule has 1 aromatic rings. The standard InChI is InChI=1S/C18H22F3N3O3S/c1-17(2,3)24(16(25)26)15-23-18(10-6-9(22)4-5-12(10)19)8-27-13(14(20)21)11(18)7-28-15/h4-6,11,13-14H,7-8,22H2,1-3H3,(H,25,26)/t11-,13+,18-/m1/s1. The van der Waals surface area contributed by atoms with Crippen molar-refractivity contribution in [1.82, 2.24) is 4.90 Å². The highest BCUT2D eigenvalue weighted by atomic mass is 32.2. The zero-order valence-corrected chi connectivity index (χ0v) is 16.5. The molecule has 1 amide bonds. The molecule has 0 aliphatic carbocycles. The number of thioether (sulfide) groups is 1. The quantitative estimate of drug-likeness (QED) is 0.716. The summed E-state index contributed by atoms with van der Waals surface area (Å²) in [6.07, 6.45) is -5.43. The molecule has 0 bridgehead atoms. The monoisotopic (exact) mass is 417 g/mol. The number of hydrogen-bond donors (Lipinski definition) is 2. The number of alkyl halides is 2. The fourth-order valence-electron chi connectivity index (χ4n) is 3.66. The van der Waals surface area contributed by atoms with Crippen LogP contribution in [0.3, 0.4) is 0 Å². The number of benzene rings is 1. The Labute approximate surface area is 164 Å². The van der Waals surface area contributed by atoms with E-state index in [4.69, 9.17) is 10.5 Å². The predicted octanol–water partition coefficient (Wildman–Crippen LogP) is 3.76. The van der Waals surface area contributed by atoms with Crippen LogP contribution in [-0.4, -0.2) is 51.7 Å². The average Bonchev–Trinajstić information content (AvgIpc) is 2.95. The molecule has 1 saturated heterocycles. The summed E-state index contributed by atoms with van der Waals surface area (Å²) in [6.45, 7) is 4.79. The van der Waals surface area contributed by atoms with Gasteiger partial charge in [0, 0.05) is 28.5 Å². The molecule has 28 heavy (non-hydrogen) atoms. The van der Waals surface area contributed by atoms with Crippen LogP contribution >= 0.6 is 11.8 Å². The molecule has 3 rings (SSSR count). The summed E-state index contributed by atoms with van der Waals surface area (Å²) in [5, 5.41) is 9.80. The van der Waals surface area contributed by atoms with Crippen molar-refractivity contribution in [2.45, 2.75) is 44.4 Å². The predicted molar refractivity (Wildman–Crippen MR) is 101 cm³/mol. The Hall–Kier alpha value is -1.94. The number of amides is 1. The largest absolute Gasteiger partial charge is 0.465 e. The minimum absolute atomic E-state index is 0.0395. The first-order valence-electron chi connectivity index (χ1n) is 8.68. The highest BCUT2D eigenvalue weighted by Gasteiger charge is 2.57. The molecule has 2 aliphatic rings. The molecule has 10 heteroatoms. The van der Waals surface area contributed by atoms with E-state index in [1.807, 2.05) is 0 Å². The number of carbonyl (C=O) groups is 1. The maximum absolute atomic E-state index is 14.7. The molecule has 0 unspecified atom stereocenters. The van der Waals surface area contributed by atoms with Gasteiger partial charge in [-0.3, -0.25) is 4.90 Å². The van der Waals surface area contributed by atoms with Gasteiger partial charge < -0.3 is 15.6 Å². The van der Waals surface area contributed by atoms with Gasteiger partial charge in [-0.1, -0.05) is 11.8 Å².